The number of anilines is 1. The van der Waals surface area contributed by atoms with Crippen LogP contribution in [0.4, 0.5) is 5.69 Å². The van der Waals surface area contributed by atoms with Crippen LogP contribution in [0.15, 0.2) is 93.6 Å². The third kappa shape index (κ3) is 4.98. The summed E-state index contributed by atoms with van der Waals surface area (Å²) in [4.78, 5) is 26.1. The van der Waals surface area contributed by atoms with Gasteiger partial charge < -0.3 is 5.32 Å². The summed E-state index contributed by atoms with van der Waals surface area (Å²) in [6.45, 7) is 6.08. The van der Waals surface area contributed by atoms with Crippen molar-refractivity contribution in [3.05, 3.63) is 111 Å². The van der Waals surface area contributed by atoms with Crippen molar-refractivity contribution in [2.24, 2.45) is 0 Å². The van der Waals surface area contributed by atoms with Gasteiger partial charge in [-0.1, -0.05) is 35.5 Å². The van der Waals surface area contributed by atoms with Crippen molar-refractivity contribution in [1.82, 2.24) is 9.78 Å². The number of aromatic nitrogens is 2. The van der Waals surface area contributed by atoms with E-state index < -0.39 is 0 Å². The van der Waals surface area contributed by atoms with Crippen LogP contribution in [0.2, 0.25) is 0 Å². The summed E-state index contributed by atoms with van der Waals surface area (Å²) >= 11 is 1.49. The molecule has 0 spiro atoms. The molecule has 0 aliphatic rings. The Labute approximate surface area is 191 Å². The van der Waals surface area contributed by atoms with Crippen LogP contribution >= 0.6 is 11.8 Å². The van der Waals surface area contributed by atoms with Crippen LogP contribution in [-0.4, -0.2) is 15.7 Å². The van der Waals surface area contributed by atoms with Gasteiger partial charge in [-0.25, -0.2) is 0 Å². The van der Waals surface area contributed by atoms with Crippen LogP contribution in [-0.2, 0) is 0 Å². The molecule has 0 aliphatic heterocycles. The molecule has 6 heteroatoms. The van der Waals surface area contributed by atoms with Crippen molar-refractivity contribution in [3.63, 3.8) is 0 Å². The first-order chi connectivity index (χ1) is 15.4. The average molecular weight is 442 g/mol. The number of carbonyl (C=O) groups excluding carboxylic acids is 1. The molecule has 5 nitrogen and oxygen atoms in total. The fraction of sp³-hybridized carbons (Fsp3) is 0.115. The van der Waals surface area contributed by atoms with Crippen molar-refractivity contribution in [2.75, 3.05) is 5.32 Å². The number of amides is 1. The molecular weight excluding hydrogens is 418 g/mol. The lowest BCUT2D eigenvalue weighted by Gasteiger charge is -2.10. The molecule has 0 unspecified atom stereocenters. The zero-order valence-corrected chi connectivity index (χ0v) is 18.9. The lowest BCUT2D eigenvalue weighted by molar-refractivity contribution is 0.102. The van der Waals surface area contributed by atoms with Gasteiger partial charge >= 0.3 is 0 Å². The first-order valence-corrected chi connectivity index (χ1v) is 11.0. The Morgan fingerprint density at radius 3 is 2.25 bits per heavy atom. The van der Waals surface area contributed by atoms with Crippen molar-refractivity contribution in [2.45, 2.75) is 30.7 Å². The van der Waals surface area contributed by atoms with Crippen molar-refractivity contribution in [3.8, 4) is 5.69 Å². The Kier molecular flexibility index (Phi) is 6.23. The molecule has 0 saturated heterocycles. The minimum Gasteiger partial charge on any atom is -0.322 e. The number of benzene rings is 3. The SMILES string of the molecule is Cc1ccc(Sc2ccc(=O)n(-c3ccc(C(=O)Nc4ccc(C)c(C)c4)cc3)n2)cc1. The van der Waals surface area contributed by atoms with Gasteiger partial charge in [-0.15, -0.1) is 0 Å². The highest BCUT2D eigenvalue weighted by atomic mass is 32.2. The van der Waals surface area contributed by atoms with Crippen LogP contribution in [0.5, 0.6) is 0 Å². The van der Waals surface area contributed by atoms with Gasteiger partial charge in [0.1, 0.15) is 5.03 Å². The van der Waals surface area contributed by atoms with E-state index in [-0.39, 0.29) is 11.5 Å². The number of nitrogens with one attached hydrogen (secondary N) is 1. The minimum atomic E-state index is -0.231. The van der Waals surface area contributed by atoms with Crippen LogP contribution < -0.4 is 10.9 Å². The molecule has 4 rings (SSSR count). The summed E-state index contributed by atoms with van der Waals surface area (Å²) in [6, 6.07) is 24.0. The average Bonchev–Trinajstić information content (AvgIpc) is 2.79. The summed E-state index contributed by atoms with van der Waals surface area (Å²) in [5, 5.41) is 8.11. The molecule has 0 radical (unpaired) electrons. The molecule has 3 aromatic carbocycles. The van der Waals surface area contributed by atoms with Gasteiger partial charge in [0.05, 0.1) is 5.69 Å². The van der Waals surface area contributed by atoms with Crippen LogP contribution in [0.25, 0.3) is 5.69 Å². The van der Waals surface area contributed by atoms with Gasteiger partial charge in [0.25, 0.3) is 11.5 Å². The smallest absolute Gasteiger partial charge is 0.271 e. The molecule has 0 atom stereocenters. The molecule has 32 heavy (non-hydrogen) atoms. The van der Waals surface area contributed by atoms with E-state index in [4.69, 9.17) is 0 Å². The summed E-state index contributed by atoms with van der Waals surface area (Å²) < 4.78 is 1.35. The van der Waals surface area contributed by atoms with Gasteiger partial charge in [0.2, 0.25) is 0 Å². The summed E-state index contributed by atoms with van der Waals surface area (Å²) in [6.07, 6.45) is 0. The number of aryl methyl sites for hydroxylation is 3. The maximum absolute atomic E-state index is 12.6. The Bertz CT molecular complexity index is 1330. The van der Waals surface area contributed by atoms with E-state index in [0.29, 0.717) is 16.3 Å². The molecule has 1 aromatic heterocycles. The van der Waals surface area contributed by atoms with E-state index in [9.17, 15) is 9.59 Å². The van der Waals surface area contributed by atoms with Gasteiger partial charge in [0, 0.05) is 22.2 Å². The van der Waals surface area contributed by atoms with E-state index in [2.05, 4.69) is 10.4 Å². The quantitative estimate of drug-likeness (QED) is 0.440. The van der Waals surface area contributed by atoms with Gasteiger partial charge in [-0.3, -0.25) is 9.59 Å². The van der Waals surface area contributed by atoms with Gasteiger partial charge in [0.15, 0.2) is 0 Å². The molecule has 0 aliphatic carbocycles. The predicted molar refractivity (Wildman–Crippen MR) is 129 cm³/mol. The highest BCUT2D eigenvalue weighted by Crippen LogP contribution is 2.25. The maximum Gasteiger partial charge on any atom is 0.271 e. The molecule has 0 fully saturated rings. The second kappa shape index (κ2) is 9.24. The molecule has 0 bridgehead atoms. The van der Waals surface area contributed by atoms with Crippen molar-refractivity contribution < 1.29 is 4.79 Å². The maximum atomic E-state index is 12.6. The Morgan fingerprint density at radius 2 is 1.56 bits per heavy atom. The number of hydrogen-bond donors (Lipinski definition) is 1. The topological polar surface area (TPSA) is 64.0 Å². The minimum absolute atomic E-state index is 0.205. The second-order valence-electron chi connectivity index (χ2n) is 7.64. The van der Waals surface area contributed by atoms with Crippen LogP contribution in [0.3, 0.4) is 0 Å². The zero-order valence-electron chi connectivity index (χ0n) is 18.1. The Morgan fingerprint density at radius 1 is 0.844 bits per heavy atom. The first kappa shape index (κ1) is 21.6. The molecule has 160 valence electrons. The van der Waals surface area contributed by atoms with Crippen molar-refractivity contribution >= 4 is 23.4 Å². The zero-order chi connectivity index (χ0) is 22.7. The highest BCUT2D eigenvalue weighted by molar-refractivity contribution is 7.99. The van der Waals surface area contributed by atoms with E-state index in [1.165, 1.54) is 33.6 Å². The molecule has 1 N–H and O–H groups in total. The summed E-state index contributed by atoms with van der Waals surface area (Å²) in [5.74, 6) is -0.205. The third-order valence-electron chi connectivity index (χ3n) is 5.16. The first-order valence-electron chi connectivity index (χ1n) is 10.2. The van der Waals surface area contributed by atoms with Gasteiger partial charge in [-0.2, -0.15) is 9.78 Å². The molecule has 1 heterocycles. The fourth-order valence-corrected chi connectivity index (χ4v) is 3.91. The molecule has 4 aromatic rings. The Balaban J connectivity index is 1.53. The predicted octanol–water partition coefficient (Wildman–Crippen LogP) is 5.56. The third-order valence-corrected chi connectivity index (χ3v) is 6.09. The largest absolute Gasteiger partial charge is 0.322 e. The number of hydrogen-bond acceptors (Lipinski definition) is 4. The van der Waals surface area contributed by atoms with Crippen LogP contribution in [0, 0.1) is 20.8 Å². The van der Waals surface area contributed by atoms with E-state index in [0.717, 1.165) is 16.1 Å². The van der Waals surface area contributed by atoms with E-state index in [1.807, 2.05) is 63.2 Å². The fourth-order valence-electron chi connectivity index (χ4n) is 3.14. The summed E-state index contributed by atoms with van der Waals surface area (Å²) in [5.41, 5.74) is 5.11. The monoisotopic (exact) mass is 441 g/mol. The van der Waals surface area contributed by atoms with Crippen LogP contribution in [0.1, 0.15) is 27.0 Å². The molecule has 0 saturated carbocycles. The molecule has 1 amide bonds. The van der Waals surface area contributed by atoms with Crippen molar-refractivity contribution in [1.29, 1.82) is 0 Å². The highest BCUT2D eigenvalue weighted by Gasteiger charge is 2.09. The Hall–Kier alpha value is -3.64. The second-order valence-corrected chi connectivity index (χ2v) is 8.73. The lowest BCUT2D eigenvalue weighted by atomic mass is 10.1. The lowest BCUT2D eigenvalue weighted by Crippen LogP contribution is -2.20. The van der Waals surface area contributed by atoms with Gasteiger partial charge in [-0.05, 0) is 86.5 Å². The van der Waals surface area contributed by atoms with E-state index >= 15 is 0 Å². The number of nitrogens with zero attached hydrogens (tertiary/aromatic N) is 2. The number of rotatable bonds is 5. The van der Waals surface area contributed by atoms with E-state index in [1.54, 1.807) is 30.3 Å². The summed E-state index contributed by atoms with van der Waals surface area (Å²) in [7, 11) is 0. The standard InChI is InChI=1S/C26H23N3O2S/c1-17-4-12-23(13-5-17)32-24-14-15-25(30)29(28-24)22-10-7-20(8-11-22)26(31)27-21-9-6-18(2)19(3)16-21/h4-16H,1-3H3,(H,27,31). The number of carbonyl (C=O) groups is 1. The molecular formula is C26H23N3O2S. The normalized spacial score (nSPS) is 10.7.